The van der Waals surface area contributed by atoms with Crippen LogP contribution in [0.3, 0.4) is 0 Å². The summed E-state index contributed by atoms with van der Waals surface area (Å²) in [5.41, 5.74) is 3.86. The fraction of sp³-hybridized carbons (Fsp3) is 0.400. The summed E-state index contributed by atoms with van der Waals surface area (Å²) >= 11 is 0. The lowest BCUT2D eigenvalue weighted by Gasteiger charge is -2.31. The van der Waals surface area contributed by atoms with Crippen molar-refractivity contribution >= 4 is 23.3 Å². The molecular weight excluding hydrogens is 437 g/mol. The monoisotopic (exact) mass is 475 g/mol. The number of allylic oxidation sites excluding steroid dienone is 5. The van der Waals surface area contributed by atoms with E-state index in [0.29, 0.717) is 34.7 Å². The zero-order chi connectivity index (χ0) is 25.5. The predicted octanol–water partition coefficient (Wildman–Crippen LogP) is 6.91. The van der Waals surface area contributed by atoms with Gasteiger partial charge in [0.25, 0.3) is 5.91 Å². The number of rotatable bonds is 7. The second-order valence-corrected chi connectivity index (χ2v) is 9.21. The number of aliphatic imine (C=N–C) groups is 1. The van der Waals surface area contributed by atoms with Crippen molar-refractivity contribution < 1.29 is 9.18 Å². The molecule has 3 rings (SSSR count). The number of carbonyl (C=O) groups is 1. The second kappa shape index (κ2) is 12.0. The molecule has 2 heterocycles. The summed E-state index contributed by atoms with van der Waals surface area (Å²) in [4.78, 5) is 22.1. The van der Waals surface area contributed by atoms with Gasteiger partial charge >= 0.3 is 0 Å². The average Bonchev–Trinajstić information content (AvgIpc) is 3.07. The summed E-state index contributed by atoms with van der Waals surface area (Å²) in [5, 5.41) is 0. The largest absolute Gasteiger partial charge is 0.335 e. The minimum Gasteiger partial charge on any atom is -0.335 e. The normalized spacial score (nSPS) is 20.0. The van der Waals surface area contributed by atoms with E-state index in [2.05, 4.69) is 27.0 Å². The number of amides is 1. The van der Waals surface area contributed by atoms with E-state index in [1.54, 1.807) is 24.3 Å². The van der Waals surface area contributed by atoms with Gasteiger partial charge in [-0.3, -0.25) is 4.79 Å². The van der Waals surface area contributed by atoms with Gasteiger partial charge in [-0.25, -0.2) is 9.38 Å². The molecule has 0 aliphatic carbocycles. The SMILES string of the molecule is C=C/C=C\c1ccc(C(=C)/C=C2/N=C(C(=O)N3CCCCCC3C)C=C(CC)N2C)c(F)c1CC. The van der Waals surface area contributed by atoms with Gasteiger partial charge in [0.15, 0.2) is 0 Å². The molecule has 0 aromatic heterocycles. The van der Waals surface area contributed by atoms with Crippen LogP contribution in [0.1, 0.15) is 69.6 Å². The van der Waals surface area contributed by atoms with E-state index in [4.69, 9.17) is 4.99 Å². The zero-order valence-corrected chi connectivity index (χ0v) is 21.6. The van der Waals surface area contributed by atoms with Crippen LogP contribution in [0.2, 0.25) is 0 Å². The maximum atomic E-state index is 15.5. The van der Waals surface area contributed by atoms with Crippen LogP contribution >= 0.6 is 0 Å². The molecule has 2 aliphatic rings. The molecule has 1 saturated heterocycles. The zero-order valence-electron chi connectivity index (χ0n) is 21.6. The molecular formula is C30H38FN3O. The van der Waals surface area contributed by atoms with Gasteiger partial charge in [0.2, 0.25) is 0 Å². The van der Waals surface area contributed by atoms with Crippen LogP contribution in [-0.2, 0) is 11.2 Å². The van der Waals surface area contributed by atoms with E-state index >= 15 is 4.39 Å². The number of hydrogen-bond acceptors (Lipinski definition) is 3. The van der Waals surface area contributed by atoms with Gasteiger partial charge in [-0.1, -0.05) is 70.2 Å². The Labute approximate surface area is 209 Å². The summed E-state index contributed by atoms with van der Waals surface area (Å²) in [6.07, 6.45) is 14.6. The van der Waals surface area contributed by atoms with E-state index in [1.807, 2.05) is 42.0 Å². The highest BCUT2D eigenvalue weighted by Gasteiger charge is 2.28. The van der Waals surface area contributed by atoms with Crippen molar-refractivity contribution in [3.8, 4) is 0 Å². The predicted molar refractivity (Wildman–Crippen MR) is 145 cm³/mol. The Kier molecular flexibility index (Phi) is 9.02. The minimum atomic E-state index is -0.274. The highest BCUT2D eigenvalue weighted by atomic mass is 19.1. The first kappa shape index (κ1) is 26.4. The number of hydrogen-bond donors (Lipinski definition) is 0. The summed E-state index contributed by atoms with van der Waals surface area (Å²) < 4.78 is 15.5. The molecule has 1 amide bonds. The van der Waals surface area contributed by atoms with E-state index in [9.17, 15) is 4.79 Å². The molecule has 1 aromatic carbocycles. The molecule has 0 saturated carbocycles. The van der Waals surface area contributed by atoms with Gasteiger partial charge < -0.3 is 9.80 Å². The van der Waals surface area contributed by atoms with Crippen LogP contribution < -0.4 is 0 Å². The van der Waals surface area contributed by atoms with Crippen molar-refractivity contribution in [3.63, 3.8) is 0 Å². The topological polar surface area (TPSA) is 35.9 Å². The maximum Gasteiger partial charge on any atom is 0.272 e. The standard InChI is InChI=1S/C30H38FN3O/c1-7-10-15-23-16-17-26(29(31)25(23)9-3)21(4)19-28-32-27(20-24(8-2)33(28)6)30(35)34-18-13-11-12-14-22(34)5/h7,10,15-17,19-20,22H,1,4,8-9,11-14,18H2,2-3,5-6H3/b15-10-,28-19-. The summed E-state index contributed by atoms with van der Waals surface area (Å²) in [5.74, 6) is 0.282. The van der Waals surface area contributed by atoms with Crippen molar-refractivity contribution in [2.24, 2.45) is 4.99 Å². The van der Waals surface area contributed by atoms with Crippen LogP contribution in [0.15, 0.2) is 66.1 Å². The molecule has 4 nitrogen and oxygen atoms in total. The number of benzene rings is 1. The molecule has 0 bridgehead atoms. The van der Waals surface area contributed by atoms with E-state index in [0.717, 1.165) is 49.9 Å². The van der Waals surface area contributed by atoms with Crippen molar-refractivity contribution in [1.82, 2.24) is 9.80 Å². The third kappa shape index (κ3) is 5.90. The molecule has 1 aromatic rings. The van der Waals surface area contributed by atoms with Crippen LogP contribution in [0.4, 0.5) is 4.39 Å². The number of likely N-dealkylation sites (tertiary alicyclic amines) is 1. The molecule has 1 atom stereocenters. The number of halogens is 1. The Bertz CT molecular complexity index is 1110. The molecule has 35 heavy (non-hydrogen) atoms. The van der Waals surface area contributed by atoms with Gasteiger partial charge in [-0.05, 0) is 61.5 Å². The molecule has 0 spiro atoms. The third-order valence-corrected chi connectivity index (χ3v) is 6.90. The van der Waals surface area contributed by atoms with Gasteiger partial charge in [0.1, 0.15) is 17.3 Å². The van der Waals surface area contributed by atoms with Crippen molar-refractivity contribution in [3.05, 3.63) is 83.6 Å². The van der Waals surface area contributed by atoms with Crippen molar-refractivity contribution in [2.45, 2.75) is 65.3 Å². The fourth-order valence-corrected chi connectivity index (χ4v) is 4.74. The lowest BCUT2D eigenvalue weighted by molar-refractivity contribution is -0.125. The van der Waals surface area contributed by atoms with Gasteiger partial charge in [0.05, 0.1) is 0 Å². The Hall–Kier alpha value is -3.21. The van der Waals surface area contributed by atoms with Crippen LogP contribution in [0, 0.1) is 5.82 Å². The Morgan fingerprint density at radius 3 is 2.69 bits per heavy atom. The Morgan fingerprint density at radius 2 is 2.00 bits per heavy atom. The molecule has 5 heteroatoms. The van der Waals surface area contributed by atoms with Gasteiger partial charge in [0, 0.05) is 30.9 Å². The highest BCUT2D eigenvalue weighted by molar-refractivity contribution is 6.43. The lowest BCUT2D eigenvalue weighted by atomic mass is 9.96. The van der Waals surface area contributed by atoms with Crippen LogP contribution in [0.25, 0.3) is 11.6 Å². The Morgan fingerprint density at radius 1 is 1.23 bits per heavy atom. The molecule has 186 valence electrons. The fourth-order valence-electron chi connectivity index (χ4n) is 4.74. The molecule has 1 fully saturated rings. The van der Waals surface area contributed by atoms with Gasteiger partial charge in [-0.15, -0.1) is 0 Å². The molecule has 0 radical (unpaired) electrons. The van der Waals surface area contributed by atoms with Crippen LogP contribution in [-0.4, -0.2) is 41.1 Å². The molecule has 2 aliphatic heterocycles. The van der Waals surface area contributed by atoms with Gasteiger partial charge in [-0.2, -0.15) is 0 Å². The smallest absolute Gasteiger partial charge is 0.272 e. The van der Waals surface area contributed by atoms with Crippen molar-refractivity contribution in [1.29, 1.82) is 0 Å². The van der Waals surface area contributed by atoms with E-state index in [-0.39, 0.29) is 17.8 Å². The third-order valence-electron chi connectivity index (χ3n) is 6.90. The van der Waals surface area contributed by atoms with E-state index in [1.165, 1.54) is 0 Å². The first-order valence-corrected chi connectivity index (χ1v) is 12.7. The molecule has 1 unspecified atom stereocenters. The summed E-state index contributed by atoms with van der Waals surface area (Å²) in [6, 6.07) is 3.86. The first-order chi connectivity index (χ1) is 16.8. The minimum absolute atomic E-state index is 0.0345. The quantitative estimate of drug-likeness (QED) is 0.402. The van der Waals surface area contributed by atoms with Crippen LogP contribution in [0.5, 0.6) is 0 Å². The number of carbonyl (C=O) groups excluding carboxylic acids is 1. The average molecular weight is 476 g/mol. The lowest BCUT2D eigenvalue weighted by Crippen LogP contribution is -2.43. The van der Waals surface area contributed by atoms with E-state index < -0.39 is 0 Å². The Balaban J connectivity index is 1.98. The first-order valence-electron chi connectivity index (χ1n) is 12.7. The molecule has 0 N–H and O–H groups in total. The second-order valence-electron chi connectivity index (χ2n) is 9.21. The highest BCUT2D eigenvalue weighted by Crippen LogP contribution is 2.29. The maximum absolute atomic E-state index is 15.5. The van der Waals surface area contributed by atoms with Crippen molar-refractivity contribution in [2.75, 3.05) is 13.6 Å². The number of nitrogens with zero attached hydrogens (tertiary/aromatic N) is 3. The summed E-state index contributed by atoms with van der Waals surface area (Å²) in [6.45, 7) is 14.7. The summed E-state index contributed by atoms with van der Waals surface area (Å²) in [7, 11) is 1.92.